The van der Waals surface area contributed by atoms with Gasteiger partial charge in [0.15, 0.2) is 5.13 Å². The zero-order valence-corrected chi connectivity index (χ0v) is 11.7. The van der Waals surface area contributed by atoms with Crippen LogP contribution in [0.4, 0.5) is 5.13 Å². The van der Waals surface area contributed by atoms with E-state index in [-0.39, 0.29) is 11.9 Å². The third-order valence-electron chi connectivity index (χ3n) is 2.47. The van der Waals surface area contributed by atoms with Crippen LogP contribution in [0, 0.1) is 0 Å². The number of thiophene rings is 1. The van der Waals surface area contributed by atoms with Crippen molar-refractivity contribution in [3.8, 4) is 5.88 Å². The Balaban J connectivity index is 2.11. The van der Waals surface area contributed by atoms with Gasteiger partial charge in [-0.1, -0.05) is 31.3 Å². The highest BCUT2D eigenvalue weighted by Crippen LogP contribution is 2.35. The molecule has 2 N–H and O–H groups in total. The molecule has 2 aromatic heterocycles. The van der Waals surface area contributed by atoms with Crippen molar-refractivity contribution in [1.82, 2.24) is 4.98 Å². The van der Waals surface area contributed by atoms with Crippen molar-refractivity contribution in [2.75, 3.05) is 5.32 Å². The summed E-state index contributed by atoms with van der Waals surface area (Å²) in [5.74, 6) is 0.464. The van der Waals surface area contributed by atoms with Gasteiger partial charge in [-0.25, -0.2) is 0 Å². The molecule has 2 aromatic rings. The summed E-state index contributed by atoms with van der Waals surface area (Å²) in [4.78, 5) is 6.35. The van der Waals surface area contributed by atoms with E-state index in [0.717, 1.165) is 10.0 Å². The summed E-state index contributed by atoms with van der Waals surface area (Å²) < 4.78 is 0. The van der Waals surface area contributed by atoms with E-state index in [2.05, 4.69) is 42.5 Å². The van der Waals surface area contributed by atoms with Crippen LogP contribution in [0.1, 0.15) is 42.5 Å². The van der Waals surface area contributed by atoms with Crippen molar-refractivity contribution < 1.29 is 5.11 Å². The largest absolute Gasteiger partial charge is 0.492 e. The second kappa shape index (κ2) is 5.06. The van der Waals surface area contributed by atoms with E-state index in [1.807, 2.05) is 6.07 Å². The van der Waals surface area contributed by atoms with Crippen LogP contribution in [0.25, 0.3) is 0 Å². The predicted molar refractivity (Wildman–Crippen MR) is 74.2 cm³/mol. The summed E-state index contributed by atoms with van der Waals surface area (Å²) in [6, 6.07) is 4.36. The van der Waals surface area contributed by atoms with Gasteiger partial charge in [0.2, 0.25) is 5.88 Å². The minimum atomic E-state index is 0.158. The van der Waals surface area contributed by atoms with Crippen molar-refractivity contribution >= 4 is 27.8 Å². The Morgan fingerprint density at radius 1 is 1.35 bits per heavy atom. The number of nitrogens with one attached hydrogen (secondary N) is 1. The van der Waals surface area contributed by atoms with E-state index in [1.165, 1.54) is 16.2 Å². The molecule has 0 saturated carbocycles. The molecule has 5 heteroatoms. The first kappa shape index (κ1) is 12.4. The molecular weight excluding hydrogens is 252 g/mol. The fourth-order valence-corrected chi connectivity index (χ4v) is 3.24. The fraction of sp³-hybridized carbons (Fsp3) is 0.417. The van der Waals surface area contributed by atoms with E-state index >= 15 is 0 Å². The Labute approximate surface area is 109 Å². The van der Waals surface area contributed by atoms with Gasteiger partial charge in [0.05, 0.1) is 10.9 Å². The summed E-state index contributed by atoms with van der Waals surface area (Å²) >= 11 is 3.25. The van der Waals surface area contributed by atoms with E-state index in [4.69, 9.17) is 0 Å². The van der Waals surface area contributed by atoms with Crippen LogP contribution in [-0.4, -0.2) is 10.1 Å². The minimum Gasteiger partial charge on any atom is -0.492 e. The molecule has 17 heavy (non-hydrogen) atoms. The van der Waals surface area contributed by atoms with E-state index in [1.54, 1.807) is 11.3 Å². The highest BCUT2D eigenvalue weighted by molar-refractivity contribution is 7.16. The Hall–Kier alpha value is -1.07. The normalized spacial score (nSPS) is 12.9. The molecule has 0 saturated heterocycles. The Bertz CT molecular complexity index is 477. The first-order valence-corrected chi connectivity index (χ1v) is 7.27. The third-order valence-corrected chi connectivity index (χ3v) is 4.80. The van der Waals surface area contributed by atoms with Gasteiger partial charge in [0, 0.05) is 4.88 Å². The molecule has 0 amide bonds. The summed E-state index contributed by atoms with van der Waals surface area (Å²) in [5.41, 5.74) is 0. The molecule has 0 unspecified atom stereocenters. The molecule has 3 nitrogen and oxygen atoms in total. The summed E-state index contributed by atoms with van der Waals surface area (Å²) in [5, 5.41) is 15.9. The molecule has 0 fully saturated rings. The number of aromatic nitrogens is 1. The summed E-state index contributed by atoms with van der Waals surface area (Å²) in [6.07, 6.45) is 0. The van der Waals surface area contributed by atoms with Crippen LogP contribution in [-0.2, 0) is 0 Å². The van der Waals surface area contributed by atoms with Gasteiger partial charge in [-0.15, -0.1) is 11.3 Å². The minimum absolute atomic E-state index is 0.158. The van der Waals surface area contributed by atoms with Crippen molar-refractivity contribution in [3.63, 3.8) is 0 Å². The van der Waals surface area contributed by atoms with Crippen LogP contribution in [0.2, 0.25) is 0 Å². The van der Waals surface area contributed by atoms with Gasteiger partial charge in [0.25, 0.3) is 0 Å². The number of hydrogen-bond acceptors (Lipinski definition) is 5. The molecule has 0 aromatic carbocycles. The third kappa shape index (κ3) is 2.79. The lowest BCUT2D eigenvalue weighted by molar-refractivity contribution is 0.449. The van der Waals surface area contributed by atoms with Crippen LogP contribution < -0.4 is 5.32 Å². The second-order valence-electron chi connectivity index (χ2n) is 4.24. The first-order valence-electron chi connectivity index (χ1n) is 5.57. The Kier molecular flexibility index (Phi) is 3.69. The molecule has 0 spiro atoms. The second-order valence-corrected chi connectivity index (χ2v) is 6.25. The predicted octanol–water partition coefficient (Wildman–Crippen LogP) is 4.21. The fourth-order valence-electron chi connectivity index (χ4n) is 1.56. The number of nitrogens with zero attached hydrogens (tertiary/aromatic N) is 1. The zero-order chi connectivity index (χ0) is 12.4. The van der Waals surface area contributed by atoms with Crippen molar-refractivity contribution in [3.05, 3.63) is 27.3 Å². The average Bonchev–Trinajstić information content (AvgIpc) is 2.86. The zero-order valence-electron chi connectivity index (χ0n) is 10.1. The number of aromatic hydroxyl groups is 1. The molecule has 1 atom stereocenters. The SMILES string of the molecule is CC(C)c1sc(N[C@@H](C)c2cccs2)nc1O. The molecule has 0 bridgehead atoms. The molecule has 0 aliphatic rings. The molecule has 0 aliphatic heterocycles. The van der Waals surface area contributed by atoms with Crippen molar-refractivity contribution in [1.29, 1.82) is 0 Å². The van der Waals surface area contributed by atoms with E-state index in [0.29, 0.717) is 5.92 Å². The highest BCUT2D eigenvalue weighted by atomic mass is 32.1. The topological polar surface area (TPSA) is 45.2 Å². The summed E-state index contributed by atoms with van der Waals surface area (Å²) in [6.45, 7) is 6.21. The monoisotopic (exact) mass is 268 g/mol. The molecule has 0 radical (unpaired) electrons. The maximum atomic E-state index is 9.71. The molecule has 2 rings (SSSR count). The number of anilines is 1. The van der Waals surface area contributed by atoms with Gasteiger partial charge < -0.3 is 10.4 Å². The van der Waals surface area contributed by atoms with Crippen LogP contribution in [0.3, 0.4) is 0 Å². The van der Waals surface area contributed by atoms with Gasteiger partial charge in [-0.2, -0.15) is 4.98 Å². The first-order chi connectivity index (χ1) is 8.08. The molecule has 92 valence electrons. The number of hydrogen-bond donors (Lipinski definition) is 2. The van der Waals surface area contributed by atoms with Crippen molar-refractivity contribution in [2.24, 2.45) is 0 Å². The lowest BCUT2D eigenvalue weighted by Gasteiger charge is -2.10. The van der Waals surface area contributed by atoms with Gasteiger partial charge in [-0.3, -0.25) is 0 Å². The lowest BCUT2D eigenvalue weighted by atomic mass is 10.2. The van der Waals surface area contributed by atoms with Gasteiger partial charge in [0.1, 0.15) is 0 Å². The van der Waals surface area contributed by atoms with Crippen LogP contribution in [0.5, 0.6) is 5.88 Å². The molecular formula is C12H16N2OS2. The maximum absolute atomic E-state index is 9.71. The van der Waals surface area contributed by atoms with Crippen LogP contribution in [0.15, 0.2) is 17.5 Å². The van der Waals surface area contributed by atoms with Gasteiger partial charge in [-0.05, 0) is 24.3 Å². The van der Waals surface area contributed by atoms with Gasteiger partial charge >= 0.3 is 0 Å². The van der Waals surface area contributed by atoms with Crippen molar-refractivity contribution in [2.45, 2.75) is 32.7 Å². The Morgan fingerprint density at radius 2 is 2.12 bits per heavy atom. The standard InChI is InChI=1S/C12H16N2OS2/c1-7(2)10-11(15)14-12(17-10)13-8(3)9-5-4-6-16-9/h4-8,15H,1-3H3,(H,13,14)/t8-/m0/s1. The Morgan fingerprint density at radius 3 is 2.65 bits per heavy atom. The maximum Gasteiger partial charge on any atom is 0.227 e. The average molecular weight is 268 g/mol. The highest BCUT2D eigenvalue weighted by Gasteiger charge is 2.15. The number of thiazole rings is 1. The molecule has 2 heterocycles. The smallest absolute Gasteiger partial charge is 0.227 e. The number of rotatable bonds is 4. The lowest BCUT2D eigenvalue weighted by Crippen LogP contribution is -2.03. The molecule has 0 aliphatic carbocycles. The van der Waals surface area contributed by atoms with E-state index < -0.39 is 0 Å². The quantitative estimate of drug-likeness (QED) is 0.873. The van der Waals surface area contributed by atoms with Crippen LogP contribution >= 0.6 is 22.7 Å². The summed E-state index contributed by atoms with van der Waals surface area (Å²) in [7, 11) is 0. The van der Waals surface area contributed by atoms with E-state index in [9.17, 15) is 5.11 Å².